The van der Waals surface area contributed by atoms with Crippen LogP contribution in [0.25, 0.3) is 0 Å². The fourth-order valence-corrected chi connectivity index (χ4v) is 7.06. The van der Waals surface area contributed by atoms with Gasteiger partial charge in [-0.2, -0.15) is 0 Å². The quantitative estimate of drug-likeness (QED) is 0.577. The summed E-state index contributed by atoms with van der Waals surface area (Å²) in [6.45, 7) is -0.261. The van der Waals surface area contributed by atoms with Crippen LogP contribution in [-0.4, -0.2) is 29.9 Å². The van der Waals surface area contributed by atoms with Crippen molar-refractivity contribution in [1.82, 2.24) is 0 Å². The molecule has 140 valence electrons. The number of rotatable bonds is 5. The Morgan fingerprint density at radius 2 is 1.88 bits per heavy atom. The maximum Gasteiger partial charge on any atom is 0.312 e. The lowest BCUT2D eigenvalue weighted by molar-refractivity contribution is -0.170. The number of halogens is 1. The molecule has 4 saturated carbocycles. The minimum atomic E-state index is -0.404. The minimum Gasteiger partial charge on any atom is -0.495 e. The first-order valence-electron chi connectivity index (χ1n) is 9.20. The lowest BCUT2D eigenvalue weighted by Gasteiger charge is -2.58. The van der Waals surface area contributed by atoms with E-state index >= 15 is 0 Å². The van der Waals surface area contributed by atoms with E-state index in [1.165, 1.54) is 6.42 Å². The molecule has 4 fully saturated rings. The number of esters is 1. The van der Waals surface area contributed by atoms with Crippen LogP contribution in [0.3, 0.4) is 0 Å². The smallest absolute Gasteiger partial charge is 0.312 e. The van der Waals surface area contributed by atoms with E-state index in [2.05, 4.69) is 21.2 Å². The van der Waals surface area contributed by atoms with Crippen molar-refractivity contribution in [3.05, 3.63) is 24.3 Å². The Hall–Kier alpha value is -1.56. The number of hydrogen-bond donors (Lipinski definition) is 1. The van der Waals surface area contributed by atoms with Crippen LogP contribution in [0.5, 0.6) is 5.75 Å². The Bertz CT molecular complexity index is 720. The highest BCUT2D eigenvalue weighted by Crippen LogP contribution is 2.64. The third kappa shape index (κ3) is 3.24. The van der Waals surface area contributed by atoms with E-state index in [1.807, 2.05) is 12.1 Å². The van der Waals surface area contributed by atoms with Gasteiger partial charge in [-0.1, -0.05) is 28.1 Å². The SMILES string of the molecule is COc1ccccc1NC(=O)COC(=O)C12C[C@@H]3C[C@@H](CC(Br)(C3)C1)C2. The van der Waals surface area contributed by atoms with Crippen molar-refractivity contribution < 1.29 is 19.1 Å². The lowest BCUT2D eigenvalue weighted by Crippen LogP contribution is -2.56. The summed E-state index contributed by atoms with van der Waals surface area (Å²) in [4.78, 5) is 25.1. The Morgan fingerprint density at radius 3 is 2.54 bits per heavy atom. The Kier molecular flexibility index (Phi) is 4.49. The minimum absolute atomic E-state index is 0.0930. The molecular weight excluding hydrogens is 398 g/mol. The van der Waals surface area contributed by atoms with Gasteiger partial charge in [0.1, 0.15) is 5.75 Å². The highest BCUT2D eigenvalue weighted by Gasteiger charge is 2.60. The predicted octanol–water partition coefficient (Wildman–Crippen LogP) is 3.91. The molecule has 0 saturated heterocycles. The van der Waals surface area contributed by atoms with Gasteiger partial charge in [-0.05, 0) is 62.5 Å². The van der Waals surface area contributed by atoms with Crippen LogP contribution in [0.2, 0.25) is 0 Å². The van der Waals surface area contributed by atoms with Gasteiger partial charge in [0.25, 0.3) is 5.91 Å². The van der Waals surface area contributed by atoms with Crippen LogP contribution in [0.4, 0.5) is 5.69 Å². The van der Waals surface area contributed by atoms with Crippen LogP contribution in [-0.2, 0) is 14.3 Å². The van der Waals surface area contributed by atoms with Crippen molar-refractivity contribution in [3.8, 4) is 5.75 Å². The first-order valence-corrected chi connectivity index (χ1v) is 10.00. The van der Waals surface area contributed by atoms with Crippen LogP contribution in [0.1, 0.15) is 38.5 Å². The topological polar surface area (TPSA) is 64.6 Å². The highest BCUT2D eigenvalue weighted by atomic mass is 79.9. The summed E-state index contributed by atoms with van der Waals surface area (Å²) in [5.74, 6) is 1.23. The predicted molar refractivity (Wildman–Crippen MR) is 101 cm³/mol. The lowest BCUT2D eigenvalue weighted by atomic mass is 9.49. The standard InChI is InChI=1S/C20H24BrNO4/c1-25-16-5-3-2-4-15(16)22-17(23)11-26-18(24)19-7-13-6-14(8-19)10-20(21,9-13)12-19/h2-5,13-14H,6-12H2,1H3,(H,22,23)/t13-,14+,19?,20?. The van der Waals surface area contributed by atoms with Crippen molar-refractivity contribution in [3.63, 3.8) is 0 Å². The number of methoxy groups -OCH3 is 1. The molecular formula is C20H24BrNO4. The summed E-state index contributed by atoms with van der Waals surface area (Å²) in [6, 6.07) is 7.17. The summed E-state index contributed by atoms with van der Waals surface area (Å²) in [7, 11) is 1.55. The molecule has 4 aliphatic rings. The molecule has 1 aromatic rings. The molecule has 4 aliphatic carbocycles. The van der Waals surface area contributed by atoms with Gasteiger partial charge in [0.15, 0.2) is 6.61 Å². The summed E-state index contributed by atoms with van der Waals surface area (Å²) in [6.07, 6.45) is 6.20. The first kappa shape index (κ1) is 17.8. The number of hydrogen-bond acceptors (Lipinski definition) is 4. The summed E-state index contributed by atoms with van der Waals surface area (Å²) in [5, 5.41) is 2.75. The van der Waals surface area contributed by atoms with E-state index in [0.717, 1.165) is 32.1 Å². The van der Waals surface area contributed by atoms with Crippen molar-refractivity contribution in [2.45, 2.75) is 42.8 Å². The molecule has 4 bridgehead atoms. The molecule has 2 unspecified atom stereocenters. The Balaban J connectivity index is 1.37. The number of amides is 1. The number of carbonyl (C=O) groups is 2. The van der Waals surface area contributed by atoms with E-state index in [1.54, 1.807) is 19.2 Å². The zero-order chi connectivity index (χ0) is 18.4. The highest BCUT2D eigenvalue weighted by molar-refractivity contribution is 9.10. The maximum atomic E-state index is 12.9. The van der Waals surface area contributed by atoms with Crippen LogP contribution in [0, 0.1) is 17.3 Å². The maximum absolute atomic E-state index is 12.9. The van der Waals surface area contributed by atoms with Gasteiger partial charge in [-0.25, -0.2) is 0 Å². The zero-order valence-corrected chi connectivity index (χ0v) is 16.5. The number of nitrogens with one attached hydrogen (secondary N) is 1. The molecule has 0 aliphatic heterocycles. The molecule has 4 atom stereocenters. The van der Waals surface area contributed by atoms with Gasteiger partial charge < -0.3 is 14.8 Å². The molecule has 0 aromatic heterocycles. The third-order valence-electron chi connectivity index (χ3n) is 6.14. The molecule has 1 N–H and O–H groups in total. The summed E-state index contributed by atoms with van der Waals surface area (Å²) in [5.41, 5.74) is 0.170. The molecule has 5 nitrogen and oxygen atoms in total. The van der Waals surface area contributed by atoms with Gasteiger partial charge in [-0.15, -0.1) is 0 Å². The van der Waals surface area contributed by atoms with E-state index in [-0.39, 0.29) is 22.8 Å². The Morgan fingerprint density at radius 1 is 1.19 bits per heavy atom. The van der Waals surface area contributed by atoms with Crippen LogP contribution in [0.15, 0.2) is 24.3 Å². The average Bonchev–Trinajstić information content (AvgIpc) is 2.58. The van der Waals surface area contributed by atoms with Gasteiger partial charge >= 0.3 is 5.97 Å². The fourth-order valence-electron chi connectivity index (χ4n) is 5.61. The number of para-hydroxylation sites is 2. The molecule has 0 spiro atoms. The third-order valence-corrected chi connectivity index (χ3v) is 7.07. The van der Waals surface area contributed by atoms with Crippen LogP contribution < -0.4 is 10.1 Å². The average molecular weight is 422 g/mol. The van der Waals surface area contributed by atoms with Crippen molar-refractivity contribution in [2.75, 3.05) is 19.0 Å². The monoisotopic (exact) mass is 421 g/mol. The second-order valence-electron chi connectivity index (χ2n) is 8.22. The molecule has 0 heterocycles. The second-order valence-corrected chi connectivity index (χ2v) is 9.90. The van der Waals surface area contributed by atoms with E-state index < -0.39 is 5.41 Å². The number of carbonyl (C=O) groups excluding carboxylic acids is 2. The first-order chi connectivity index (χ1) is 12.4. The van der Waals surface area contributed by atoms with E-state index in [9.17, 15) is 9.59 Å². The van der Waals surface area contributed by atoms with E-state index in [4.69, 9.17) is 9.47 Å². The number of anilines is 1. The molecule has 1 amide bonds. The van der Waals surface area contributed by atoms with Crippen LogP contribution >= 0.6 is 15.9 Å². The molecule has 5 rings (SSSR count). The van der Waals surface area contributed by atoms with Gasteiger partial charge in [-0.3, -0.25) is 9.59 Å². The zero-order valence-electron chi connectivity index (χ0n) is 14.9. The Labute approximate surface area is 161 Å². The van der Waals surface area contributed by atoms with Crippen molar-refractivity contribution in [1.29, 1.82) is 0 Å². The summed E-state index contributed by atoms with van der Waals surface area (Å²) < 4.78 is 10.8. The summed E-state index contributed by atoms with van der Waals surface area (Å²) >= 11 is 3.90. The molecule has 26 heavy (non-hydrogen) atoms. The van der Waals surface area contributed by atoms with Gasteiger partial charge in [0, 0.05) is 4.32 Å². The second kappa shape index (κ2) is 6.55. The van der Waals surface area contributed by atoms with Gasteiger partial charge in [0.05, 0.1) is 18.2 Å². The normalized spacial score (nSPS) is 34.4. The van der Waals surface area contributed by atoms with Crippen molar-refractivity contribution >= 4 is 33.5 Å². The molecule has 0 radical (unpaired) electrons. The fraction of sp³-hybridized carbons (Fsp3) is 0.600. The number of ether oxygens (including phenoxy) is 2. The molecule has 1 aromatic carbocycles. The van der Waals surface area contributed by atoms with E-state index in [0.29, 0.717) is 23.3 Å². The van der Waals surface area contributed by atoms with Gasteiger partial charge in [0.2, 0.25) is 0 Å². The van der Waals surface area contributed by atoms with Crippen molar-refractivity contribution in [2.24, 2.45) is 17.3 Å². The number of benzene rings is 1. The molecule has 6 heteroatoms. The number of alkyl halides is 1. The largest absolute Gasteiger partial charge is 0.495 e.